The van der Waals surface area contributed by atoms with E-state index in [-0.39, 0.29) is 12.6 Å². The molecule has 32 heavy (non-hydrogen) atoms. The molecule has 1 aromatic carbocycles. The number of benzene rings is 1. The monoisotopic (exact) mass is 485 g/mol. The fraction of sp³-hybridized carbons (Fsp3) is 0.455. The maximum Gasteiger partial charge on any atom is 0.271 e. The Hall–Kier alpha value is -2.36. The first-order chi connectivity index (χ1) is 15.5. The number of nitrogens with one attached hydrogen (secondary N) is 3. The van der Waals surface area contributed by atoms with E-state index < -0.39 is 0 Å². The molecule has 1 rings (SSSR count). The molecule has 0 spiro atoms. The average molecular weight is 486 g/mol. The van der Waals surface area contributed by atoms with Gasteiger partial charge in [0.05, 0.1) is 0 Å². The lowest BCUT2D eigenvalue weighted by atomic mass is 10.2. The summed E-state index contributed by atoms with van der Waals surface area (Å²) >= 11 is 7.65. The Bertz CT molecular complexity index is 729. The van der Waals surface area contributed by atoms with Crippen LogP contribution >= 0.6 is 23.4 Å². The number of hydrogen-bond acceptors (Lipinski definition) is 8. The molecule has 0 atom stereocenters. The first-order valence-electron chi connectivity index (χ1n) is 10.3. The Labute approximate surface area is 200 Å². The van der Waals surface area contributed by atoms with E-state index in [9.17, 15) is 9.90 Å². The zero-order chi connectivity index (χ0) is 24.4. The Morgan fingerprint density at radius 1 is 1.28 bits per heavy atom. The highest BCUT2D eigenvalue weighted by molar-refractivity contribution is 8.03. The maximum atomic E-state index is 12.9. The molecule has 1 amide bonds. The minimum Gasteiger partial charge on any atom is -0.404 e. The molecule has 0 fully saturated rings. The first-order valence-corrected chi connectivity index (χ1v) is 11.7. The molecule has 10 heteroatoms. The smallest absolute Gasteiger partial charge is 0.271 e. The summed E-state index contributed by atoms with van der Waals surface area (Å²) in [5.74, 6) is 1.02. The zero-order valence-corrected chi connectivity index (χ0v) is 20.7. The standard InChI is InChI=1S/C21H34ClN5O2S.CH2O/c1-4-5-10-25-20(26-15-28)19(21(29)24-3)27(11-12-30-16(2)13-23)14-17-6-8-18(22)9-7-17;1-2/h6-9,13,25-26,28H,4-5,10-12,14-15,23H2,1-3H3,(H,24,29);1H2/b16-13-,20-19-;. The van der Waals surface area contributed by atoms with E-state index in [0.717, 1.165) is 29.1 Å². The predicted octanol–water partition coefficient (Wildman–Crippen LogP) is 2.35. The molecule has 0 saturated heterocycles. The van der Waals surface area contributed by atoms with Crippen molar-refractivity contribution < 1.29 is 14.7 Å². The van der Waals surface area contributed by atoms with Crippen LogP contribution in [0.25, 0.3) is 0 Å². The molecule has 0 saturated carbocycles. The number of unbranched alkanes of at least 4 members (excludes halogenated alkanes) is 1. The second-order valence-corrected chi connectivity index (χ2v) is 8.37. The van der Waals surface area contributed by atoms with Crippen molar-refractivity contribution in [3.8, 4) is 0 Å². The number of thioether (sulfide) groups is 1. The SMILES string of the molecule is C=O.CCCCN/C(NCO)=C(\C(=O)NC)N(CCS/C(C)=C\N)Cc1ccc(Cl)cc1. The van der Waals surface area contributed by atoms with Crippen LogP contribution in [-0.2, 0) is 16.1 Å². The number of aliphatic hydroxyl groups excluding tert-OH is 1. The predicted molar refractivity (Wildman–Crippen MR) is 134 cm³/mol. The van der Waals surface area contributed by atoms with Crippen molar-refractivity contribution in [2.24, 2.45) is 5.73 Å². The van der Waals surface area contributed by atoms with Gasteiger partial charge < -0.3 is 36.5 Å². The molecular weight excluding hydrogens is 450 g/mol. The van der Waals surface area contributed by atoms with Crippen molar-refractivity contribution in [3.63, 3.8) is 0 Å². The Morgan fingerprint density at radius 2 is 1.94 bits per heavy atom. The first kappa shape index (κ1) is 29.6. The number of allylic oxidation sites excluding steroid dienone is 1. The topological polar surface area (TPSA) is 120 Å². The van der Waals surface area contributed by atoms with Crippen molar-refractivity contribution in [1.29, 1.82) is 0 Å². The van der Waals surface area contributed by atoms with Crippen LogP contribution in [0.5, 0.6) is 0 Å². The Morgan fingerprint density at radius 3 is 2.47 bits per heavy atom. The lowest BCUT2D eigenvalue weighted by Crippen LogP contribution is -2.41. The summed E-state index contributed by atoms with van der Waals surface area (Å²) in [5, 5.41) is 19.1. The van der Waals surface area contributed by atoms with Crippen LogP contribution in [0.2, 0.25) is 5.02 Å². The van der Waals surface area contributed by atoms with Gasteiger partial charge in [-0.05, 0) is 35.9 Å². The second kappa shape index (κ2) is 18.2. The van der Waals surface area contributed by atoms with Crippen LogP contribution in [0.3, 0.4) is 0 Å². The second-order valence-electron chi connectivity index (χ2n) is 6.59. The van der Waals surface area contributed by atoms with Gasteiger partial charge in [0.2, 0.25) is 0 Å². The molecule has 0 aromatic heterocycles. The van der Waals surface area contributed by atoms with E-state index >= 15 is 0 Å². The summed E-state index contributed by atoms with van der Waals surface area (Å²) in [6.45, 7) is 7.58. The molecule has 0 heterocycles. The highest BCUT2D eigenvalue weighted by Gasteiger charge is 2.22. The lowest BCUT2D eigenvalue weighted by Gasteiger charge is -2.29. The normalized spacial score (nSPS) is 11.6. The summed E-state index contributed by atoms with van der Waals surface area (Å²) in [6.07, 6.45) is 3.55. The van der Waals surface area contributed by atoms with Crippen molar-refractivity contribution in [1.82, 2.24) is 20.9 Å². The van der Waals surface area contributed by atoms with Gasteiger partial charge in [-0.15, -0.1) is 11.8 Å². The summed E-state index contributed by atoms with van der Waals surface area (Å²) < 4.78 is 0. The van der Waals surface area contributed by atoms with Crippen LogP contribution < -0.4 is 21.7 Å². The van der Waals surface area contributed by atoms with E-state index in [1.807, 2.05) is 42.9 Å². The van der Waals surface area contributed by atoms with Crippen LogP contribution in [-0.4, -0.2) is 55.3 Å². The van der Waals surface area contributed by atoms with E-state index in [1.165, 1.54) is 0 Å². The molecule has 0 aliphatic carbocycles. The number of aliphatic hydroxyl groups is 1. The molecule has 0 unspecified atom stereocenters. The lowest BCUT2D eigenvalue weighted by molar-refractivity contribution is -0.118. The number of halogens is 1. The number of nitrogens with zero attached hydrogens (tertiary/aromatic N) is 1. The van der Waals surface area contributed by atoms with Gasteiger partial charge in [0.15, 0.2) is 0 Å². The fourth-order valence-corrected chi connectivity index (χ4v) is 3.53. The fourth-order valence-electron chi connectivity index (χ4n) is 2.68. The van der Waals surface area contributed by atoms with E-state index in [2.05, 4.69) is 22.9 Å². The van der Waals surface area contributed by atoms with E-state index in [4.69, 9.17) is 22.1 Å². The van der Waals surface area contributed by atoms with Gasteiger partial charge >= 0.3 is 0 Å². The summed E-state index contributed by atoms with van der Waals surface area (Å²) in [7, 11) is 1.60. The van der Waals surface area contributed by atoms with Crippen LogP contribution in [0, 0.1) is 0 Å². The molecular formula is C22H36ClN5O3S. The highest BCUT2D eigenvalue weighted by atomic mass is 35.5. The number of carbonyl (C=O) groups excluding carboxylic acids is 2. The number of carbonyl (C=O) groups is 2. The van der Waals surface area contributed by atoms with Crippen LogP contribution in [0.1, 0.15) is 32.3 Å². The third-order valence-electron chi connectivity index (χ3n) is 4.30. The van der Waals surface area contributed by atoms with Crippen molar-refractivity contribution in [2.75, 3.05) is 32.6 Å². The van der Waals surface area contributed by atoms with Gasteiger partial charge in [0.1, 0.15) is 25.0 Å². The van der Waals surface area contributed by atoms with Crippen molar-refractivity contribution >= 4 is 36.1 Å². The number of amides is 1. The third kappa shape index (κ3) is 11.3. The summed E-state index contributed by atoms with van der Waals surface area (Å²) in [5.41, 5.74) is 7.06. The highest BCUT2D eigenvalue weighted by Crippen LogP contribution is 2.19. The van der Waals surface area contributed by atoms with Crippen molar-refractivity contribution in [2.45, 2.75) is 33.2 Å². The Kier molecular flexibility index (Phi) is 16.9. The van der Waals surface area contributed by atoms with Crippen LogP contribution in [0.4, 0.5) is 0 Å². The number of likely N-dealkylation sites (N-methyl/N-ethyl adjacent to an activating group) is 1. The average Bonchev–Trinajstić information content (AvgIpc) is 2.81. The molecule has 0 aliphatic rings. The summed E-state index contributed by atoms with van der Waals surface area (Å²) in [4.78, 5) is 23.9. The van der Waals surface area contributed by atoms with Gasteiger partial charge in [-0.1, -0.05) is 37.1 Å². The number of hydrogen-bond donors (Lipinski definition) is 5. The van der Waals surface area contributed by atoms with Crippen LogP contribution in [0.15, 0.2) is 46.9 Å². The maximum absolute atomic E-state index is 12.9. The van der Waals surface area contributed by atoms with Gasteiger partial charge in [-0.2, -0.15) is 0 Å². The van der Waals surface area contributed by atoms with Gasteiger partial charge in [0, 0.05) is 43.7 Å². The molecule has 0 bridgehead atoms. The number of rotatable bonds is 14. The molecule has 180 valence electrons. The minimum absolute atomic E-state index is 0.236. The number of nitrogens with two attached hydrogens (primary N) is 1. The summed E-state index contributed by atoms with van der Waals surface area (Å²) in [6, 6.07) is 7.55. The molecule has 1 aromatic rings. The minimum atomic E-state index is -0.284. The molecule has 0 aliphatic heterocycles. The largest absolute Gasteiger partial charge is 0.404 e. The van der Waals surface area contributed by atoms with Gasteiger partial charge in [-0.3, -0.25) is 4.79 Å². The molecule has 8 nitrogen and oxygen atoms in total. The van der Waals surface area contributed by atoms with Gasteiger partial charge in [0.25, 0.3) is 5.91 Å². The van der Waals surface area contributed by atoms with Crippen molar-refractivity contribution in [3.05, 3.63) is 57.5 Å². The Balaban J connectivity index is 0.00000466. The third-order valence-corrected chi connectivity index (χ3v) is 5.53. The zero-order valence-electron chi connectivity index (χ0n) is 19.1. The molecule has 0 radical (unpaired) electrons. The van der Waals surface area contributed by atoms with E-state index in [1.54, 1.807) is 25.0 Å². The van der Waals surface area contributed by atoms with Gasteiger partial charge in [-0.25, -0.2) is 0 Å². The quantitative estimate of drug-likeness (QED) is 0.155. The van der Waals surface area contributed by atoms with E-state index in [0.29, 0.717) is 36.2 Å². The molecule has 6 N–H and O–H groups in total.